The molecule has 14 heavy (non-hydrogen) atoms. The topological polar surface area (TPSA) is 18.5 Å². The molecule has 0 amide bonds. The molecule has 0 aliphatic rings. The molecule has 0 saturated heterocycles. The van der Waals surface area contributed by atoms with Gasteiger partial charge in [0.25, 0.3) is 0 Å². The van der Waals surface area contributed by atoms with Crippen LogP contribution < -0.4 is 9.47 Å². The maximum absolute atomic E-state index is 5.60. The zero-order chi connectivity index (χ0) is 10.6. The van der Waals surface area contributed by atoms with Crippen LogP contribution in [-0.4, -0.2) is 13.7 Å². The summed E-state index contributed by atoms with van der Waals surface area (Å²) in [6.07, 6.45) is 0. The van der Waals surface area contributed by atoms with Crippen LogP contribution in [0.15, 0.2) is 22.7 Å². The summed E-state index contributed by atoms with van der Waals surface area (Å²) in [5.41, 5.74) is 0. The Morgan fingerprint density at radius 2 is 2.00 bits per heavy atom. The fourth-order valence-electron chi connectivity index (χ4n) is 1.02. The molecular weight excluding hydrogens is 244 g/mol. The Morgan fingerprint density at radius 3 is 2.57 bits per heavy atom. The molecule has 0 aliphatic heterocycles. The molecule has 0 fully saturated rings. The second-order valence-corrected chi connectivity index (χ2v) is 4.42. The molecule has 0 saturated carbocycles. The van der Waals surface area contributed by atoms with Crippen molar-refractivity contribution in [2.45, 2.75) is 13.8 Å². The number of hydrogen-bond donors (Lipinski definition) is 0. The highest BCUT2D eigenvalue weighted by molar-refractivity contribution is 9.10. The molecular formula is C11H15BrO2. The minimum Gasteiger partial charge on any atom is -0.493 e. The summed E-state index contributed by atoms with van der Waals surface area (Å²) in [5, 5.41) is 0. The molecule has 0 bridgehead atoms. The molecule has 0 aromatic heterocycles. The fourth-order valence-corrected chi connectivity index (χ4v) is 1.36. The van der Waals surface area contributed by atoms with Crippen molar-refractivity contribution in [3.63, 3.8) is 0 Å². The molecule has 3 heteroatoms. The van der Waals surface area contributed by atoms with E-state index in [4.69, 9.17) is 9.47 Å². The zero-order valence-corrected chi connectivity index (χ0v) is 10.3. The van der Waals surface area contributed by atoms with Gasteiger partial charge in [-0.15, -0.1) is 0 Å². The molecule has 0 spiro atoms. The largest absolute Gasteiger partial charge is 0.493 e. The van der Waals surface area contributed by atoms with Gasteiger partial charge in [-0.05, 0) is 24.1 Å². The summed E-state index contributed by atoms with van der Waals surface area (Å²) in [7, 11) is 1.64. The van der Waals surface area contributed by atoms with E-state index < -0.39 is 0 Å². The van der Waals surface area contributed by atoms with E-state index >= 15 is 0 Å². The van der Waals surface area contributed by atoms with Crippen LogP contribution in [0.25, 0.3) is 0 Å². The number of halogens is 1. The van der Waals surface area contributed by atoms with E-state index in [2.05, 4.69) is 29.8 Å². The highest BCUT2D eigenvalue weighted by Crippen LogP contribution is 2.30. The maximum atomic E-state index is 5.60. The number of benzene rings is 1. The molecule has 1 rings (SSSR count). The third kappa shape index (κ3) is 3.22. The second-order valence-electron chi connectivity index (χ2n) is 3.50. The zero-order valence-electron chi connectivity index (χ0n) is 8.71. The van der Waals surface area contributed by atoms with Crippen LogP contribution in [0.3, 0.4) is 0 Å². The predicted octanol–water partition coefficient (Wildman–Crippen LogP) is 3.49. The Hall–Kier alpha value is -0.700. The first kappa shape index (κ1) is 11.4. The van der Waals surface area contributed by atoms with E-state index in [1.165, 1.54) is 0 Å². The molecule has 2 nitrogen and oxygen atoms in total. The Balaban J connectivity index is 2.75. The van der Waals surface area contributed by atoms with Gasteiger partial charge in [-0.3, -0.25) is 0 Å². The maximum Gasteiger partial charge on any atom is 0.161 e. The highest BCUT2D eigenvalue weighted by Gasteiger charge is 2.05. The minimum absolute atomic E-state index is 0.517. The molecule has 0 heterocycles. The van der Waals surface area contributed by atoms with Crippen molar-refractivity contribution >= 4 is 15.9 Å². The highest BCUT2D eigenvalue weighted by atomic mass is 79.9. The van der Waals surface area contributed by atoms with Crippen LogP contribution in [0.1, 0.15) is 13.8 Å². The van der Waals surface area contributed by atoms with Gasteiger partial charge < -0.3 is 9.47 Å². The van der Waals surface area contributed by atoms with Crippen molar-refractivity contribution < 1.29 is 9.47 Å². The molecule has 1 aromatic carbocycles. The van der Waals surface area contributed by atoms with Crippen molar-refractivity contribution in [3.05, 3.63) is 22.7 Å². The van der Waals surface area contributed by atoms with Gasteiger partial charge in [0, 0.05) is 4.47 Å². The summed E-state index contributed by atoms with van der Waals surface area (Å²) in [4.78, 5) is 0. The first-order valence-corrected chi connectivity index (χ1v) is 5.39. The van der Waals surface area contributed by atoms with Crippen LogP contribution >= 0.6 is 15.9 Å². The SMILES string of the molecule is COc1cc(Br)ccc1OCC(C)C. The lowest BCUT2D eigenvalue weighted by Gasteiger charge is -2.12. The summed E-state index contributed by atoms with van der Waals surface area (Å²) < 4.78 is 11.8. The van der Waals surface area contributed by atoms with Crippen LogP contribution in [0.4, 0.5) is 0 Å². The average Bonchev–Trinajstić information content (AvgIpc) is 2.15. The molecule has 0 N–H and O–H groups in total. The number of hydrogen-bond acceptors (Lipinski definition) is 2. The lowest BCUT2D eigenvalue weighted by molar-refractivity contribution is 0.257. The van der Waals surface area contributed by atoms with E-state index in [9.17, 15) is 0 Å². The van der Waals surface area contributed by atoms with E-state index in [1.54, 1.807) is 7.11 Å². The smallest absolute Gasteiger partial charge is 0.161 e. The number of rotatable bonds is 4. The Kier molecular flexibility index (Phi) is 4.26. The van der Waals surface area contributed by atoms with Crippen molar-refractivity contribution in [2.75, 3.05) is 13.7 Å². The molecule has 1 aromatic rings. The monoisotopic (exact) mass is 258 g/mol. The van der Waals surface area contributed by atoms with Crippen molar-refractivity contribution in [1.82, 2.24) is 0 Å². The third-order valence-electron chi connectivity index (χ3n) is 1.70. The van der Waals surface area contributed by atoms with Crippen molar-refractivity contribution in [1.29, 1.82) is 0 Å². The second kappa shape index (κ2) is 5.25. The van der Waals surface area contributed by atoms with Gasteiger partial charge in [0.05, 0.1) is 13.7 Å². The third-order valence-corrected chi connectivity index (χ3v) is 2.19. The van der Waals surface area contributed by atoms with E-state index in [0.29, 0.717) is 12.5 Å². The molecule has 0 aliphatic carbocycles. The van der Waals surface area contributed by atoms with Gasteiger partial charge in [0.15, 0.2) is 11.5 Å². The Morgan fingerprint density at radius 1 is 1.29 bits per heavy atom. The first-order valence-electron chi connectivity index (χ1n) is 4.60. The van der Waals surface area contributed by atoms with Gasteiger partial charge in [-0.2, -0.15) is 0 Å². The predicted molar refractivity (Wildman–Crippen MR) is 61.0 cm³/mol. The summed E-state index contributed by atoms with van der Waals surface area (Å²) >= 11 is 3.38. The van der Waals surface area contributed by atoms with E-state index in [1.807, 2.05) is 18.2 Å². The molecule has 0 unspecified atom stereocenters. The molecule has 0 radical (unpaired) electrons. The van der Waals surface area contributed by atoms with Gasteiger partial charge in [-0.1, -0.05) is 29.8 Å². The van der Waals surface area contributed by atoms with Crippen LogP contribution in [0.2, 0.25) is 0 Å². The van der Waals surface area contributed by atoms with Gasteiger partial charge in [0.1, 0.15) is 0 Å². The quantitative estimate of drug-likeness (QED) is 0.824. The van der Waals surface area contributed by atoms with Crippen molar-refractivity contribution in [2.24, 2.45) is 5.92 Å². The van der Waals surface area contributed by atoms with Gasteiger partial charge in [0.2, 0.25) is 0 Å². The normalized spacial score (nSPS) is 10.4. The van der Waals surface area contributed by atoms with E-state index in [-0.39, 0.29) is 0 Å². The lowest BCUT2D eigenvalue weighted by Crippen LogP contribution is -2.05. The van der Waals surface area contributed by atoms with Crippen LogP contribution in [-0.2, 0) is 0 Å². The molecule has 0 atom stereocenters. The van der Waals surface area contributed by atoms with E-state index in [0.717, 1.165) is 16.0 Å². The number of methoxy groups -OCH3 is 1. The summed E-state index contributed by atoms with van der Waals surface area (Å²) in [6.45, 7) is 4.94. The lowest BCUT2D eigenvalue weighted by atomic mass is 10.2. The van der Waals surface area contributed by atoms with Gasteiger partial charge >= 0.3 is 0 Å². The van der Waals surface area contributed by atoms with Crippen LogP contribution in [0, 0.1) is 5.92 Å². The summed E-state index contributed by atoms with van der Waals surface area (Å²) in [6, 6.07) is 5.75. The van der Waals surface area contributed by atoms with Crippen molar-refractivity contribution in [3.8, 4) is 11.5 Å². The van der Waals surface area contributed by atoms with Gasteiger partial charge in [-0.25, -0.2) is 0 Å². The first-order chi connectivity index (χ1) is 6.63. The number of ether oxygens (including phenoxy) is 2. The molecule has 78 valence electrons. The Labute approximate surface area is 93.4 Å². The fraction of sp³-hybridized carbons (Fsp3) is 0.455. The Bertz CT molecular complexity index is 297. The average molecular weight is 259 g/mol. The standard InChI is InChI=1S/C11H15BrO2/c1-8(2)7-14-10-5-4-9(12)6-11(10)13-3/h4-6,8H,7H2,1-3H3. The summed E-state index contributed by atoms with van der Waals surface area (Å²) in [5.74, 6) is 2.08. The minimum atomic E-state index is 0.517. The van der Waals surface area contributed by atoms with Crippen LogP contribution in [0.5, 0.6) is 11.5 Å².